The Hall–Kier alpha value is -5.30. The van der Waals surface area contributed by atoms with Crippen LogP contribution < -0.4 is 25.5 Å². The average Bonchev–Trinajstić information content (AvgIpc) is 2.99. The predicted molar refractivity (Wildman–Crippen MR) is 162 cm³/mol. The second kappa shape index (κ2) is 14.5. The number of nitro groups is 1. The van der Waals surface area contributed by atoms with Crippen LogP contribution in [0.2, 0.25) is 0 Å². The highest BCUT2D eigenvalue weighted by molar-refractivity contribution is 7.80. The second-order valence-corrected chi connectivity index (χ2v) is 9.60. The van der Waals surface area contributed by atoms with Crippen LogP contribution in [0.5, 0.6) is 11.5 Å². The van der Waals surface area contributed by atoms with Crippen LogP contribution in [0, 0.1) is 10.1 Å². The van der Waals surface area contributed by atoms with Crippen molar-refractivity contribution in [1.29, 1.82) is 0 Å². The molecule has 3 N–H and O–H groups in total. The number of hydrogen-bond donors (Lipinski definition) is 3. The third kappa shape index (κ3) is 8.36. The molecule has 1 heterocycles. The molecule has 3 aromatic carbocycles. The molecule has 12 nitrogen and oxygen atoms in total. The minimum absolute atomic E-state index is 0.0209. The minimum atomic E-state index is -0.633. The van der Waals surface area contributed by atoms with E-state index in [0.29, 0.717) is 33.4 Å². The molecule has 0 fully saturated rings. The smallest absolute Gasteiger partial charge is 0.338 e. The molecule has 0 aromatic heterocycles. The maximum absolute atomic E-state index is 12.7. The Labute approximate surface area is 252 Å². The molecule has 3 aromatic rings. The molecule has 0 unspecified atom stereocenters. The van der Waals surface area contributed by atoms with Gasteiger partial charge in [-0.1, -0.05) is 18.2 Å². The third-order valence-electron chi connectivity index (χ3n) is 6.19. The third-order valence-corrected chi connectivity index (χ3v) is 6.41. The number of esters is 1. The predicted octanol–water partition coefficient (Wildman–Crippen LogP) is 4.06. The number of benzene rings is 3. The molecular formula is C30H29N5O7S. The van der Waals surface area contributed by atoms with Gasteiger partial charge in [0.2, 0.25) is 0 Å². The molecule has 1 amide bonds. The molecule has 0 aliphatic carbocycles. The lowest BCUT2D eigenvalue weighted by atomic mass is 9.95. The van der Waals surface area contributed by atoms with Crippen LogP contribution in [0.1, 0.15) is 36.6 Å². The first-order chi connectivity index (χ1) is 20.7. The van der Waals surface area contributed by atoms with Gasteiger partial charge < -0.3 is 24.8 Å². The van der Waals surface area contributed by atoms with Crippen molar-refractivity contribution in [2.24, 2.45) is 5.10 Å². The molecule has 0 bridgehead atoms. The molecule has 0 spiro atoms. The molecular weight excluding hydrogens is 574 g/mol. The van der Waals surface area contributed by atoms with Gasteiger partial charge in [0.1, 0.15) is 18.1 Å². The molecule has 1 aliphatic rings. The quantitative estimate of drug-likeness (QED) is 0.0908. The van der Waals surface area contributed by atoms with E-state index in [-0.39, 0.29) is 25.5 Å². The first-order valence-electron chi connectivity index (χ1n) is 13.2. The highest BCUT2D eigenvalue weighted by Gasteiger charge is 2.32. The minimum Gasteiger partial charge on any atom is -0.489 e. The molecule has 13 heteroatoms. The van der Waals surface area contributed by atoms with Crippen LogP contribution in [0.25, 0.3) is 0 Å². The fraction of sp³-hybridized carbons (Fsp3) is 0.200. The normalized spacial score (nSPS) is 14.5. The average molecular weight is 604 g/mol. The van der Waals surface area contributed by atoms with Crippen LogP contribution >= 0.6 is 12.2 Å². The number of carbonyl (C=O) groups is 2. The Morgan fingerprint density at radius 2 is 1.79 bits per heavy atom. The Balaban J connectivity index is 1.30. The molecule has 43 heavy (non-hydrogen) atoms. The summed E-state index contributed by atoms with van der Waals surface area (Å²) in [7, 11) is 0. The summed E-state index contributed by atoms with van der Waals surface area (Å²) in [4.78, 5) is 35.5. The number of amides is 1. The number of hydrazone groups is 1. The van der Waals surface area contributed by atoms with E-state index >= 15 is 0 Å². The fourth-order valence-electron chi connectivity index (χ4n) is 4.14. The van der Waals surface area contributed by atoms with Crippen molar-refractivity contribution in [2.45, 2.75) is 26.5 Å². The fourth-order valence-corrected chi connectivity index (χ4v) is 4.41. The van der Waals surface area contributed by atoms with Gasteiger partial charge in [0, 0.05) is 23.4 Å². The monoisotopic (exact) mass is 603 g/mol. The van der Waals surface area contributed by atoms with Gasteiger partial charge in [-0.2, -0.15) is 5.10 Å². The Kier molecular flexibility index (Phi) is 10.4. The molecule has 222 valence electrons. The van der Waals surface area contributed by atoms with E-state index in [1.54, 1.807) is 74.5 Å². The van der Waals surface area contributed by atoms with E-state index in [1.165, 1.54) is 18.3 Å². The summed E-state index contributed by atoms with van der Waals surface area (Å²) in [6.07, 6.45) is 1.48. The molecule has 0 saturated heterocycles. The lowest BCUT2D eigenvalue weighted by Crippen LogP contribution is -2.45. The van der Waals surface area contributed by atoms with E-state index in [2.05, 4.69) is 21.2 Å². The number of allylic oxidation sites excluding steroid dienone is 1. The van der Waals surface area contributed by atoms with Crippen molar-refractivity contribution >= 4 is 41.1 Å². The Morgan fingerprint density at radius 3 is 2.49 bits per heavy atom. The number of nitrogens with zero attached hydrogens (tertiary/aromatic N) is 2. The molecule has 4 rings (SSSR count). The van der Waals surface area contributed by atoms with Crippen LogP contribution in [0.4, 0.5) is 5.69 Å². The number of non-ortho nitro benzene ring substituents is 1. The SMILES string of the molecule is CCOC(=O)C1=C(C)NC(=S)N[C@@H]1c1ccccc1OCC(=O)NN=Cc1ccc(OCc2ccc([N+](=O)[O-])cc2)cc1. The standard InChI is InChI=1S/C30H29N5O7S/c1-3-40-29(37)27-19(2)32-30(43)33-28(27)24-6-4-5-7-25(24)42-18-26(36)34-31-16-20-10-14-23(15-11-20)41-17-21-8-12-22(13-9-21)35(38)39/h4-16,28H,3,17-18H2,1-2H3,(H,34,36)(H2,32,33,43)/t28-/m1/s1. The van der Waals surface area contributed by atoms with Crippen molar-refractivity contribution in [3.63, 3.8) is 0 Å². The van der Waals surface area contributed by atoms with Crippen LogP contribution in [0.3, 0.4) is 0 Å². The summed E-state index contributed by atoms with van der Waals surface area (Å²) in [5.74, 6) is 0.0215. The summed E-state index contributed by atoms with van der Waals surface area (Å²) < 4.78 is 16.8. The largest absolute Gasteiger partial charge is 0.489 e. The Morgan fingerprint density at radius 1 is 1.07 bits per heavy atom. The summed E-state index contributed by atoms with van der Waals surface area (Å²) >= 11 is 5.30. The van der Waals surface area contributed by atoms with Crippen molar-refractivity contribution < 1.29 is 28.7 Å². The highest BCUT2D eigenvalue weighted by Crippen LogP contribution is 2.33. The van der Waals surface area contributed by atoms with E-state index in [1.807, 2.05) is 0 Å². The highest BCUT2D eigenvalue weighted by atomic mass is 32.1. The first-order valence-corrected chi connectivity index (χ1v) is 13.6. The Bertz CT molecular complexity index is 1560. The van der Waals surface area contributed by atoms with Crippen molar-refractivity contribution in [3.8, 4) is 11.5 Å². The summed E-state index contributed by atoms with van der Waals surface area (Å²) in [5.41, 5.74) is 5.51. The number of para-hydroxylation sites is 1. The van der Waals surface area contributed by atoms with Gasteiger partial charge in [-0.25, -0.2) is 10.2 Å². The number of nitrogens with one attached hydrogen (secondary N) is 3. The van der Waals surface area contributed by atoms with Crippen molar-refractivity contribution in [3.05, 3.63) is 111 Å². The zero-order valence-corrected chi connectivity index (χ0v) is 24.2. The lowest BCUT2D eigenvalue weighted by molar-refractivity contribution is -0.384. The lowest BCUT2D eigenvalue weighted by Gasteiger charge is -2.30. The van der Waals surface area contributed by atoms with Gasteiger partial charge in [0.15, 0.2) is 11.7 Å². The van der Waals surface area contributed by atoms with E-state index < -0.39 is 22.8 Å². The van der Waals surface area contributed by atoms with Crippen molar-refractivity contribution in [2.75, 3.05) is 13.2 Å². The van der Waals surface area contributed by atoms with E-state index in [0.717, 1.165) is 11.1 Å². The first kappa shape index (κ1) is 30.7. The summed E-state index contributed by atoms with van der Waals surface area (Å²) in [6.45, 7) is 3.62. The maximum atomic E-state index is 12.7. The molecule has 1 atom stereocenters. The summed E-state index contributed by atoms with van der Waals surface area (Å²) in [6, 6.07) is 19.6. The van der Waals surface area contributed by atoms with Gasteiger partial charge in [-0.05, 0) is 79.7 Å². The van der Waals surface area contributed by atoms with Crippen molar-refractivity contribution in [1.82, 2.24) is 16.1 Å². The maximum Gasteiger partial charge on any atom is 0.338 e. The molecule has 0 saturated carbocycles. The van der Waals surface area contributed by atoms with Crippen LogP contribution in [-0.4, -0.2) is 41.3 Å². The summed E-state index contributed by atoms with van der Waals surface area (Å²) in [5, 5.41) is 21.1. The number of ether oxygens (including phenoxy) is 3. The van der Waals surface area contributed by atoms with E-state index in [9.17, 15) is 19.7 Å². The number of carbonyl (C=O) groups excluding carboxylic acids is 2. The van der Waals surface area contributed by atoms with E-state index in [4.69, 9.17) is 26.4 Å². The van der Waals surface area contributed by atoms with Gasteiger partial charge in [0.05, 0.1) is 29.4 Å². The molecule has 1 aliphatic heterocycles. The zero-order chi connectivity index (χ0) is 30.8. The van der Waals surface area contributed by atoms with Gasteiger partial charge >= 0.3 is 5.97 Å². The van der Waals surface area contributed by atoms with Gasteiger partial charge in [-0.3, -0.25) is 14.9 Å². The van der Waals surface area contributed by atoms with Crippen LogP contribution in [0.15, 0.2) is 89.2 Å². The number of nitro benzene ring substituents is 1. The van der Waals surface area contributed by atoms with Gasteiger partial charge in [0.25, 0.3) is 11.6 Å². The molecule has 0 radical (unpaired) electrons. The zero-order valence-electron chi connectivity index (χ0n) is 23.4. The number of hydrogen-bond acceptors (Lipinski definition) is 9. The topological polar surface area (TPSA) is 153 Å². The number of rotatable bonds is 12. The van der Waals surface area contributed by atoms with Gasteiger partial charge in [-0.15, -0.1) is 0 Å². The second-order valence-electron chi connectivity index (χ2n) is 9.19. The number of thiocarbonyl (C=S) groups is 1. The van der Waals surface area contributed by atoms with Crippen LogP contribution in [-0.2, 0) is 20.9 Å².